The Morgan fingerprint density at radius 1 is 0.842 bits per heavy atom. The van der Waals surface area contributed by atoms with E-state index >= 15 is 0 Å². The van der Waals surface area contributed by atoms with Crippen LogP contribution in [-0.4, -0.2) is 84.0 Å². The number of likely N-dealkylation sites (N-methyl/N-ethyl adjacent to an activating group) is 1. The van der Waals surface area contributed by atoms with E-state index in [0.29, 0.717) is 49.9 Å². The highest BCUT2D eigenvalue weighted by atomic mass is 33.1. The van der Waals surface area contributed by atoms with Gasteiger partial charge < -0.3 is 20.9 Å². The molecule has 0 heterocycles. The number of ketones is 2. The van der Waals surface area contributed by atoms with Crippen molar-refractivity contribution >= 4 is 50.9 Å². The molecule has 0 spiro atoms. The van der Waals surface area contributed by atoms with Crippen molar-refractivity contribution in [3.8, 4) is 0 Å². The molecule has 220 valence electrons. The first-order valence-corrected chi connectivity index (χ1v) is 16.1. The van der Waals surface area contributed by atoms with Crippen molar-refractivity contribution in [3.63, 3.8) is 0 Å². The van der Waals surface area contributed by atoms with Crippen LogP contribution in [0.15, 0.2) is 0 Å². The molecule has 0 aliphatic carbocycles. The van der Waals surface area contributed by atoms with E-state index in [0.717, 1.165) is 18.7 Å². The molecule has 0 aromatic heterocycles. The Labute approximate surface area is 237 Å². The largest absolute Gasteiger partial charge is 0.355 e. The summed E-state index contributed by atoms with van der Waals surface area (Å²) in [5, 5.41) is 9.14. The molecule has 0 aromatic rings. The van der Waals surface area contributed by atoms with E-state index in [9.17, 15) is 24.0 Å². The van der Waals surface area contributed by atoms with Gasteiger partial charge in [0.05, 0.1) is 12.6 Å². The van der Waals surface area contributed by atoms with Gasteiger partial charge >= 0.3 is 0 Å². The normalized spacial score (nSPS) is 12.8. The molecule has 38 heavy (non-hydrogen) atoms. The quantitative estimate of drug-likeness (QED) is 0.133. The summed E-state index contributed by atoms with van der Waals surface area (Å²) in [6.45, 7) is 12.8. The van der Waals surface area contributed by atoms with Crippen molar-refractivity contribution < 1.29 is 24.0 Å². The van der Waals surface area contributed by atoms with Crippen LogP contribution >= 0.6 is 21.6 Å². The Balaban J connectivity index is 3.96. The van der Waals surface area contributed by atoms with Crippen molar-refractivity contribution in [1.29, 1.82) is 0 Å². The average Bonchev–Trinajstić information content (AvgIpc) is 2.84. The van der Waals surface area contributed by atoms with Crippen molar-refractivity contribution in [2.24, 2.45) is 5.92 Å². The monoisotopic (exact) mass is 574 g/mol. The van der Waals surface area contributed by atoms with Crippen molar-refractivity contribution in [2.75, 3.05) is 32.4 Å². The minimum atomic E-state index is -0.590. The summed E-state index contributed by atoms with van der Waals surface area (Å²) >= 11 is 0. The Bertz CT molecular complexity index is 749. The number of carbonyl (C=O) groups is 5. The molecule has 0 radical (unpaired) electrons. The SMILES string of the molecule is CC(C)NCCCC(=O)[C@H](C)NC(=O)CN(C)C(=O)CCCC(=O)CCCSSC(C)CNC(=O)C(C)C. The molecule has 3 N–H and O–H groups in total. The van der Waals surface area contributed by atoms with Crippen LogP contribution in [0.3, 0.4) is 0 Å². The molecule has 0 rings (SSSR count). The Morgan fingerprint density at radius 2 is 1.50 bits per heavy atom. The van der Waals surface area contributed by atoms with Gasteiger partial charge in [-0.1, -0.05) is 56.2 Å². The second-order valence-electron chi connectivity index (χ2n) is 10.3. The number of carbonyl (C=O) groups excluding carboxylic acids is 5. The summed E-state index contributed by atoms with van der Waals surface area (Å²) in [4.78, 5) is 61.8. The minimum absolute atomic E-state index is 0.0147. The van der Waals surface area contributed by atoms with Crippen LogP contribution in [0.25, 0.3) is 0 Å². The van der Waals surface area contributed by atoms with Gasteiger partial charge in [-0.15, -0.1) is 0 Å². The highest BCUT2D eigenvalue weighted by molar-refractivity contribution is 8.76. The van der Waals surface area contributed by atoms with E-state index in [1.54, 1.807) is 35.6 Å². The first kappa shape index (κ1) is 36.4. The van der Waals surface area contributed by atoms with Crippen LogP contribution < -0.4 is 16.0 Å². The number of hydrogen-bond donors (Lipinski definition) is 3. The Hall–Kier alpha value is -1.59. The Kier molecular flexibility index (Phi) is 20.4. The zero-order chi connectivity index (χ0) is 29.1. The summed E-state index contributed by atoms with van der Waals surface area (Å²) in [5.41, 5.74) is 0. The average molecular weight is 575 g/mol. The molecule has 1 unspecified atom stereocenters. The number of nitrogens with zero attached hydrogens (tertiary/aromatic N) is 1. The summed E-state index contributed by atoms with van der Waals surface area (Å²) in [5.74, 6) is 0.436. The third-order valence-corrected chi connectivity index (χ3v) is 8.65. The van der Waals surface area contributed by atoms with Crippen molar-refractivity contribution in [3.05, 3.63) is 0 Å². The van der Waals surface area contributed by atoms with Gasteiger partial charge in [-0.3, -0.25) is 24.0 Å². The highest BCUT2D eigenvalue weighted by Gasteiger charge is 2.18. The maximum atomic E-state index is 12.3. The summed E-state index contributed by atoms with van der Waals surface area (Å²) in [7, 11) is 4.97. The number of Topliss-reactive ketones (excluding diaryl/α,β-unsaturated/α-hetero) is 2. The molecule has 0 fully saturated rings. The molecule has 3 amide bonds. The van der Waals surface area contributed by atoms with Gasteiger partial charge in [0.15, 0.2) is 5.78 Å². The van der Waals surface area contributed by atoms with Crippen molar-refractivity contribution in [2.45, 2.75) is 104 Å². The van der Waals surface area contributed by atoms with Gasteiger partial charge in [0, 0.05) is 62.2 Å². The van der Waals surface area contributed by atoms with Crippen LogP contribution in [-0.2, 0) is 24.0 Å². The molecule has 0 aliphatic rings. The number of nitrogens with one attached hydrogen (secondary N) is 3. The lowest BCUT2D eigenvalue weighted by Crippen LogP contribution is -2.44. The van der Waals surface area contributed by atoms with E-state index in [4.69, 9.17) is 0 Å². The van der Waals surface area contributed by atoms with E-state index in [1.807, 2.05) is 27.7 Å². The predicted octanol–water partition coefficient (Wildman–Crippen LogP) is 3.36. The third-order valence-electron chi connectivity index (χ3n) is 5.67. The van der Waals surface area contributed by atoms with E-state index in [1.165, 1.54) is 4.90 Å². The van der Waals surface area contributed by atoms with Crippen LogP contribution in [0, 0.1) is 5.92 Å². The first-order chi connectivity index (χ1) is 17.8. The second kappa shape index (κ2) is 21.3. The van der Waals surface area contributed by atoms with E-state index in [2.05, 4.69) is 22.9 Å². The fourth-order valence-corrected chi connectivity index (χ4v) is 5.55. The molecule has 2 atom stereocenters. The lowest BCUT2D eigenvalue weighted by molar-refractivity contribution is -0.135. The Morgan fingerprint density at radius 3 is 2.13 bits per heavy atom. The standard InChI is InChI=1S/C27H50N4O5S2/c1-19(2)27(36)29-17-21(5)38-37-16-10-12-23(32)11-8-14-26(35)31(7)18-25(34)30-22(6)24(33)13-9-15-28-20(3)4/h19-22,28H,8-18H2,1-7H3,(H,29,36)(H,30,34)/t21?,22-/m0/s1. The minimum Gasteiger partial charge on any atom is -0.355 e. The summed E-state index contributed by atoms with van der Waals surface area (Å²) < 4.78 is 0. The van der Waals surface area contributed by atoms with E-state index < -0.39 is 6.04 Å². The van der Waals surface area contributed by atoms with Crippen molar-refractivity contribution in [1.82, 2.24) is 20.9 Å². The molecule has 9 nitrogen and oxygen atoms in total. The second-order valence-corrected chi connectivity index (χ2v) is 13.3. The predicted molar refractivity (Wildman–Crippen MR) is 158 cm³/mol. The van der Waals surface area contributed by atoms with Crippen LogP contribution in [0.5, 0.6) is 0 Å². The zero-order valence-electron chi connectivity index (χ0n) is 24.4. The van der Waals surface area contributed by atoms with Gasteiger partial charge in [0.2, 0.25) is 17.7 Å². The lowest BCUT2D eigenvalue weighted by Gasteiger charge is -2.19. The zero-order valence-corrected chi connectivity index (χ0v) is 26.0. The molecule has 11 heteroatoms. The molecule has 0 aromatic carbocycles. The fraction of sp³-hybridized carbons (Fsp3) is 0.815. The fourth-order valence-electron chi connectivity index (χ4n) is 3.27. The molecular formula is C27H50N4O5S2. The summed E-state index contributed by atoms with van der Waals surface area (Å²) in [6, 6.07) is -0.221. The van der Waals surface area contributed by atoms with Gasteiger partial charge in [0.1, 0.15) is 5.78 Å². The third kappa shape index (κ3) is 19.5. The molecule has 0 aliphatic heterocycles. The summed E-state index contributed by atoms with van der Waals surface area (Å²) in [6.07, 6.45) is 3.37. The number of rotatable bonds is 22. The van der Waals surface area contributed by atoms with Crippen LogP contribution in [0.4, 0.5) is 0 Å². The van der Waals surface area contributed by atoms with Crippen LogP contribution in [0.2, 0.25) is 0 Å². The first-order valence-electron chi connectivity index (χ1n) is 13.7. The molecule has 0 bridgehead atoms. The maximum absolute atomic E-state index is 12.3. The van der Waals surface area contributed by atoms with E-state index in [-0.39, 0.29) is 48.2 Å². The lowest BCUT2D eigenvalue weighted by atomic mass is 10.1. The van der Waals surface area contributed by atoms with Gasteiger partial charge in [-0.25, -0.2) is 0 Å². The number of hydrogen-bond acceptors (Lipinski definition) is 8. The molecular weight excluding hydrogens is 524 g/mol. The van der Waals surface area contributed by atoms with Gasteiger partial charge in [0.25, 0.3) is 0 Å². The van der Waals surface area contributed by atoms with Gasteiger partial charge in [-0.05, 0) is 32.7 Å². The van der Waals surface area contributed by atoms with Gasteiger partial charge in [-0.2, -0.15) is 0 Å². The molecule has 0 saturated carbocycles. The molecule has 0 saturated heterocycles. The topological polar surface area (TPSA) is 125 Å². The van der Waals surface area contributed by atoms with Crippen LogP contribution in [0.1, 0.15) is 86.5 Å². The highest BCUT2D eigenvalue weighted by Crippen LogP contribution is 2.27. The maximum Gasteiger partial charge on any atom is 0.240 e. The smallest absolute Gasteiger partial charge is 0.240 e. The number of amides is 3.